The van der Waals surface area contributed by atoms with Crippen molar-refractivity contribution in [1.29, 1.82) is 0 Å². The third kappa shape index (κ3) is 5.03. The maximum Gasteiger partial charge on any atom is 0.335 e. The summed E-state index contributed by atoms with van der Waals surface area (Å²) in [5, 5.41) is 11.9. The van der Waals surface area contributed by atoms with Crippen LogP contribution in [0.2, 0.25) is 0 Å². The Bertz CT molecular complexity index is 658. The van der Waals surface area contributed by atoms with Gasteiger partial charge in [-0.15, -0.1) is 0 Å². The van der Waals surface area contributed by atoms with Gasteiger partial charge in [0.15, 0.2) is 16.3 Å². The molecule has 22 heavy (non-hydrogen) atoms. The molecule has 4 nitrogen and oxygen atoms in total. The van der Waals surface area contributed by atoms with E-state index in [0.717, 1.165) is 11.1 Å². The molecule has 0 aliphatic heterocycles. The lowest BCUT2D eigenvalue weighted by molar-refractivity contribution is -0.120. The van der Waals surface area contributed by atoms with Crippen LogP contribution >= 0.6 is 0 Å². The molecule has 0 aromatic heterocycles. The fourth-order valence-corrected chi connectivity index (χ4v) is 2.63. The summed E-state index contributed by atoms with van der Waals surface area (Å²) < 4.78 is 0. The molecule has 2 rings (SSSR count). The number of hydrogen-bond donors (Lipinski definition) is 2. The van der Waals surface area contributed by atoms with Gasteiger partial charge >= 0.3 is 5.97 Å². The molecule has 0 unspecified atom stereocenters. The SMILES string of the molecule is O=C(Cc1ccccc1)N[C@H]([Al])Cc1cccc(C(=O)O)c1. The van der Waals surface area contributed by atoms with Gasteiger partial charge in [-0.25, -0.2) is 4.79 Å². The van der Waals surface area contributed by atoms with Gasteiger partial charge < -0.3 is 10.4 Å². The first-order valence-electron chi connectivity index (χ1n) is 6.95. The van der Waals surface area contributed by atoms with Crippen molar-refractivity contribution in [3.63, 3.8) is 0 Å². The summed E-state index contributed by atoms with van der Waals surface area (Å²) in [7, 11) is 0. The van der Waals surface area contributed by atoms with Gasteiger partial charge in [-0.3, -0.25) is 4.79 Å². The molecule has 0 saturated heterocycles. The van der Waals surface area contributed by atoms with Crippen molar-refractivity contribution in [3.8, 4) is 0 Å². The van der Waals surface area contributed by atoms with E-state index in [4.69, 9.17) is 5.11 Å². The number of benzene rings is 2. The fourth-order valence-electron chi connectivity index (χ4n) is 2.18. The van der Waals surface area contributed by atoms with E-state index in [2.05, 4.69) is 21.6 Å². The molecular weight excluding hydrogens is 293 g/mol. The number of aromatic carboxylic acids is 1. The Kier molecular flexibility index (Phi) is 5.77. The Balaban J connectivity index is 1.89. The third-order valence-corrected chi connectivity index (χ3v) is 3.59. The molecule has 2 aromatic rings. The Labute approximate surface area is 137 Å². The molecule has 110 valence electrons. The van der Waals surface area contributed by atoms with Crippen molar-refractivity contribution in [3.05, 3.63) is 71.3 Å². The first-order chi connectivity index (χ1) is 10.5. The van der Waals surface area contributed by atoms with E-state index in [0.29, 0.717) is 12.8 Å². The minimum absolute atomic E-state index is 0.0550. The van der Waals surface area contributed by atoms with Crippen LogP contribution in [0.15, 0.2) is 54.6 Å². The maximum absolute atomic E-state index is 12.0. The summed E-state index contributed by atoms with van der Waals surface area (Å²) in [6, 6.07) is 16.3. The maximum atomic E-state index is 12.0. The van der Waals surface area contributed by atoms with Crippen molar-refractivity contribution >= 4 is 28.2 Å². The number of carboxylic acids is 1. The molecule has 0 heterocycles. The molecule has 0 spiro atoms. The summed E-state index contributed by atoms with van der Waals surface area (Å²) in [6.45, 7) is 0. The highest BCUT2D eigenvalue weighted by Crippen LogP contribution is 2.07. The molecule has 1 atom stereocenters. The number of rotatable bonds is 6. The lowest BCUT2D eigenvalue weighted by Crippen LogP contribution is -2.37. The van der Waals surface area contributed by atoms with Crippen molar-refractivity contribution < 1.29 is 14.7 Å². The molecule has 5 heteroatoms. The summed E-state index contributed by atoms with van der Waals surface area (Å²) >= 11 is 2.58. The van der Waals surface area contributed by atoms with Crippen LogP contribution in [-0.4, -0.2) is 38.2 Å². The first kappa shape index (κ1) is 16.3. The number of amides is 1. The van der Waals surface area contributed by atoms with Gasteiger partial charge in [0.25, 0.3) is 0 Å². The summed E-state index contributed by atoms with van der Waals surface area (Å²) in [6.07, 6.45) is 0.896. The lowest BCUT2D eigenvalue weighted by Gasteiger charge is -2.15. The van der Waals surface area contributed by atoms with Crippen LogP contribution in [0.5, 0.6) is 0 Å². The number of carboxylic acid groups (broad SMARTS) is 1. The van der Waals surface area contributed by atoms with Gasteiger partial charge in [0.05, 0.1) is 12.0 Å². The van der Waals surface area contributed by atoms with E-state index in [-0.39, 0.29) is 16.4 Å². The average Bonchev–Trinajstić information content (AvgIpc) is 2.48. The fraction of sp³-hybridized carbons (Fsp3) is 0.176. The summed E-state index contributed by atoms with van der Waals surface area (Å²) in [4.78, 5) is 22.8. The van der Waals surface area contributed by atoms with E-state index in [1.165, 1.54) is 0 Å². The molecular formula is C17H16AlNO3. The minimum Gasteiger partial charge on any atom is -0.478 e. The van der Waals surface area contributed by atoms with Crippen molar-refractivity contribution in [2.45, 2.75) is 17.7 Å². The van der Waals surface area contributed by atoms with E-state index < -0.39 is 5.97 Å². The highest BCUT2D eigenvalue weighted by Gasteiger charge is 2.09. The standard InChI is InChI=1S/C17H16NO3.Al/c19-16(12-13-5-2-1-3-6-13)18-10-9-14-7-4-8-15(11-14)17(20)21;/h1-8,10-11H,9,12H2,(H,18,19)(H,20,21);. The number of hydrogen-bond acceptors (Lipinski definition) is 2. The van der Waals surface area contributed by atoms with Crippen molar-refractivity contribution in [2.24, 2.45) is 0 Å². The van der Waals surface area contributed by atoms with E-state index in [9.17, 15) is 9.59 Å². The second-order valence-corrected chi connectivity index (χ2v) is 5.85. The largest absolute Gasteiger partial charge is 0.478 e. The Hall–Kier alpha value is -2.09. The first-order valence-corrected chi connectivity index (χ1v) is 7.62. The minimum atomic E-state index is -0.949. The third-order valence-electron chi connectivity index (χ3n) is 3.18. The van der Waals surface area contributed by atoms with Gasteiger partial charge in [0, 0.05) is 0 Å². The van der Waals surface area contributed by atoms with Crippen LogP contribution < -0.4 is 5.32 Å². The van der Waals surface area contributed by atoms with Crippen LogP contribution in [0.25, 0.3) is 0 Å². The Morgan fingerprint density at radius 1 is 1.05 bits per heavy atom. The Morgan fingerprint density at radius 2 is 1.73 bits per heavy atom. The number of carbonyl (C=O) groups is 2. The molecule has 0 aliphatic carbocycles. The van der Waals surface area contributed by atoms with E-state index >= 15 is 0 Å². The van der Waals surface area contributed by atoms with Crippen LogP contribution in [0, 0.1) is 0 Å². The molecule has 2 aromatic carbocycles. The van der Waals surface area contributed by atoms with Crippen LogP contribution in [-0.2, 0) is 17.6 Å². The van der Waals surface area contributed by atoms with Gasteiger partial charge in [-0.2, -0.15) is 0 Å². The average molecular weight is 309 g/mol. The van der Waals surface area contributed by atoms with Gasteiger partial charge in [-0.1, -0.05) is 42.5 Å². The molecule has 2 N–H and O–H groups in total. The van der Waals surface area contributed by atoms with Crippen molar-refractivity contribution in [1.82, 2.24) is 5.32 Å². The number of carbonyl (C=O) groups excluding carboxylic acids is 1. The smallest absolute Gasteiger partial charge is 0.335 e. The zero-order valence-electron chi connectivity index (χ0n) is 12.0. The molecule has 1 amide bonds. The second kappa shape index (κ2) is 7.79. The second-order valence-electron chi connectivity index (χ2n) is 5.05. The summed E-state index contributed by atoms with van der Waals surface area (Å²) in [5.74, 6) is -1.00. The number of nitrogens with one attached hydrogen (secondary N) is 1. The zero-order valence-corrected chi connectivity index (χ0v) is 13.2. The van der Waals surface area contributed by atoms with Gasteiger partial charge in [0.1, 0.15) is 0 Å². The van der Waals surface area contributed by atoms with Crippen LogP contribution in [0.4, 0.5) is 0 Å². The van der Waals surface area contributed by atoms with Gasteiger partial charge in [-0.05, 0) is 34.6 Å². The molecule has 0 bridgehead atoms. The predicted octanol–water partition coefficient (Wildman–Crippen LogP) is 1.78. The van der Waals surface area contributed by atoms with E-state index in [1.54, 1.807) is 18.2 Å². The Morgan fingerprint density at radius 3 is 2.41 bits per heavy atom. The monoisotopic (exact) mass is 309 g/mol. The van der Waals surface area contributed by atoms with E-state index in [1.807, 2.05) is 36.4 Å². The zero-order chi connectivity index (χ0) is 15.9. The molecule has 0 saturated carbocycles. The molecule has 2 radical (unpaired) electrons. The normalized spacial score (nSPS) is 11.6. The van der Waals surface area contributed by atoms with Gasteiger partial charge in [0.2, 0.25) is 5.91 Å². The lowest BCUT2D eigenvalue weighted by atomic mass is 10.1. The highest BCUT2D eigenvalue weighted by molar-refractivity contribution is 6.13. The molecule has 0 aliphatic rings. The van der Waals surface area contributed by atoms with Crippen LogP contribution in [0.1, 0.15) is 21.5 Å². The van der Waals surface area contributed by atoms with Crippen molar-refractivity contribution in [2.75, 3.05) is 0 Å². The molecule has 0 fully saturated rings. The predicted molar refractivity (Wildman–Crippen MR) is 84.9 cm³/mol. The quantitative estimate of drug-likeness (QED) is 0.799. The summed E-state index contributed by atoms with van der Waals surface area (Å²) in [5.41, 5.74) is 2.09. The topological polar surface area (TPSA) is 66.4 Å². The van der Waals surface area contributed by atoms with Crippen LogP contribution in [0.3, 0.4) is 0 Å². The highest BCUT2D eigenvalue weighted by atomic mass is 27.0.